The maximum absolute atomic E-state index is 12.3. The zero-order valence-corrected chi connectivity index (χ0v) is 14.6. The van der Waals surface area contributed by atoms with Crippen molar-refractivity contribution in [1.82, 2.24) is 9.78 Å². The van der Waals surface area contributed by atoms with Crippen molar-refractivity contribution in [2.24, 2.45) is 5.92 Å². The number of rotatable bonds is 8. The molecular weight excluding hydrogens is 338 g/mol. The molecule has 0 aliphatic heterocycles. The number of hydrogen-bond acceptors (Lipinski definition) is 5. The number of hydrogen-bond donors (Lipinski definition) is 2. The first-order valence-electron chi connectivity index (χ1n) is 8.11. The highest BCUT2D eigenvalue weighted by Gasteiger charge is 2.13. The predicted octanol–water partition coefficient (Wildman–Crippen LogP) is 1.41. The van der Waals surface area contributed by atoms with Crippen LogP contribution in [0.15, 0.2) is 41.2 Å². The first kappa shape index (κ1) is 19.3. The van der Waals surface area contributed by atoms with E-state index in [0.29, 0.717) is 18.7 Å². The molecule has 1 unspecified atom stereocenters. The van der Waals surface area contributed by atoms with Gasteiger partial charge in [-0.25, -0.2) is 4.68 Å². The van der Waals surface area contributed by atoms with Crippen LogP contribution in [-0.2, 0) is 22.5 Å². The molecule has 1 aromatic heterocycles. The molecule has 1 amide bonds. The average molecular weight is 359 g/mol. The number of nitrogens with zero attached hydrogens (tertiary/aromatic N) is 2. The standard InChI is InChI=1S/C18H21N3O5/c1-12(18(24)25)11-13-3-5-14(6-4-13)19-17(23)15-7-8-16(22)21(20-15)9-10-26-2/h3-8,12H,9-11H2,1-2H3,(H,19,23)(H,24,25). The Morgan fingerprint density at radius 1 is 1.23 bits per heavy atom. The molecular formula is C18H21N3O5. The zero-order valence-electron chi connectivity index (χ0n) is 14.6. The van der Waals surface area contributed by atoms with Crippen molar-refractivity contribution in [3.8, 4) is 0 Å². The molecule has 138 valence electrons. The quantitative estimate of drug-likeness (QED) is 0.737. The number of carbonyl (C=O) groups excluding carboxylic acids is 1. The third-order valence-electron chi connectivity index (χ3n) is 3.78. The topological polar surface area (TPSA) is 111 Å². The molecule has 0 radical (unpaired) electrons. The van der Waals surface area contributed by atoms with Gasteiger partial charge in [-0.3, -0.25) is 14.4 Å². The molecule has 2 N–H and O–H groups in total. The van der Waals surface area contributed by atoms with Crippen molar-refractivity contribution in [3.63, 3.8) is 0 Å². The normalized spacial score (nSPS) is 11.8. The summed E-state index contributed by atoms with van der Waals surface area (Å²) < 4.78 is 6.09. The fraction of sp³-hybridized carbons (Fsp3) is 0.333. The molecule has 0 bridgehead atoms. The second-order valence-corrected chi connectivity index (χ2v) is 5.87. The minimum absolute atomic E-state index is 0.115. The van der Waals surface area contributed by atoms with Crippen LogP contribution >= 0.6 is 0 Å². The number of ether oxygens (including phenoxy) is 1. The van der Waals surface area contributed by atoms with Gasteiger partial charge in [0.05, 0.1) is 19.1 Å². The molecule has 2 aromatic rings. The largest absolute Gasteiger partial charge is 0.481 e. The van der Waals surface area contributed by atoms with Gasteiger partial charge in [0, 0.05) is 18.9 Å². The lowest BCUT2D eigenvalue weighted by molar-refractivity contribution is -0.141. The lowest BCUT2D eigenvalue weighted by Crippen LogP contribution is -2.27. The summed E-state index contributed by atoms with van der Waals surface area (Å²) in [6, 6.07) is 9.58. The summed E-state index contributed by atoms with van der Waals surface area (Å²) in [7, 11) is 1.52. The number of carboxylic acids is 1. The number of aromatic nitrogens is 2. The molecule has 2 rings (SSSR count). The van der Waals surface area contributed by atoms with E-state index in [-0.39, 0.29) is 17.8 Å². The smallest absolute Gasteiger partial charge is 0.306 e. The molecule has 8 heteroatoms. The van der Waals surface area contributed by atoms with Crippen molar-refractivity contribution in [3.05, 3.63) is 58.0 Å². The molecule has 1 heterocycles. The fourth-order valence-electron chi connectivity index (χ4n) is 2.27. The van der Waals surface area contributed by atoms with E-state index >= 15 is 0 Å². The van der Waals surface area contributed by atoms with Crippen molar-refractivity contribution in [1.29, 1.82) is 0 Å². The Bertz CT molecular complexity index is 829. The van der Waals surface area contributed by atoms with E-state index in [0.717, 1.165) is 5.56 Å². The van der Waals surface area contributed by atoms with Crippen LogP contribution in [0.4, 0.5) is 5.69 Å². The first-order chi connectivity index (χ1) is 12.4. The van der Waals surface area contributed by atoms with Crippen molar-refractivity contribution >= 4 is 17.6 Å². The molecule has 1 aromatic carbocycles. The summed E-state index contributed by atoms with van der Waals surface area (Å²) in [4.78, 5) is 34.9. The highest BCUT2D eigenvalue weighted by molar-refractivity contribution is 6.02. The van der Waals surface area contributed by atoms with Crippen molar-refractivity contribution in [2.45, 2.75) is 19.9 Å². The van der Waals surface area contributed by atoms with Gasteiger partial charge < -0.3 is 15.2 Å². The summed E-state index contributed by atoms with van der Waals surface area (Å²) >= 11 is 0. The molecule has 1 atom stereocenters. The second-order valence-electron chi connectivity index (χ2n) is 5.87. The van der Waals surface area contributed by atoms with E-state index in [2.05, 4.69) is 10.4 Å². The number of amides is 1. The van der Waals surface area contributed by atoms with Crippen LogP contribution in [0.5, 0.6) is 0 Å². The summed E-state index contributed by atoms with van der Waals surface area (Å²) in [5.74, 6) is -1.77. The van der Waals surface area contributed by atoms with E-state index in [1.807, 2.05) is 0 Å². The molecule has 0 spiro atoms. The Morgan fingerprint density at radius 2 is 1.92 bits per heavy atom. The van der Waals surface area contributed by atoms with Gasteiger partial charge in [0.25, 0.3) is 11.5 Å². The Balaban J connectivity index is 2.05. The number of anilines is 1. The highest BCUT2D eigenvalue weighted by Crippen LogP contribution is 2.14. The summed E-state index contributed by atoms with van der Waals surface area (Å²) in [5, 5.41) is 15.7. The van der Waals surface area contributed by atoms with Crippen LogP contribution in [0.3, 0.4) is 0 Å². The second kappa shape index (κ2) is 8.91. The number of carbonyl (C=O) groups is 2. The minimum atomic E-state index is -0.850. The number of methoxy groups -OCH3 is 1. The van der Waals surface area contributed by atoms with Crippen molar-refractivity contribution in [2.75, 3.05) is 19.0 Å². The molecule has 0 aliphatic carbocycles. The average Bonchev–Trinajstić information content (AvgIpc) is 2.62. The number of aliphatic carboxylic acids is 1. The number of carboxylic acid groups (broad SMARTS) is 1. The lowest BCUT2D eigenvalue weighted by Gasteiger charge is -2.09. The number of nitrogens with one attached hydrogen (secondary N) is 1. The summed E-state index contributed by atoms with van der Waals surface area (Å²) in [5.41, 5.74) is 1.22. The van der Waals surface area contributed by atoms with Crippen LogP contribution < -0.4 is 10.9 Å². The Labute approximate surface area is 150 Å². The summed E-state index contributed by atoms with van der Waals surface area (Å²) in [6.45, 7) is 2.21. The van der Waals surface area contributed by atoms with E-state index < -0.39 is 17.8 Å². The van der Waals surface area contributed by atoms with Gasteiger partial charge in [0.1, 0.15) is 5.69 Å². The van der Waals surface area contributed by atoms with Crippen LogP contribution in [-0.4, -0.2) is 40.5 Å². The maximum atomic E-state index is 12.3. The Kier molecular flexibility index (Phi) is 6.62. The van der Waals surface area contributed by atoms with Gasteiger partial charge >= 0.3 is 5.97 Å². The van der Waals surface area contributed by atoms with Gasteiger partial charge in [0.15, 0.2) is 0 Å². The number of benzene rings is 1. The van der Waals surface area contributed by atoms with Crippen LogP contribution in [0.1, 0.15) is 23.0 Å². The van der Waals surface area contributed by atoms with E-state index in [1.54, 1.807) is 31.2 Å². The Hall–Kier alpha value is -3.00. The highest BCUT2D eigenvalue weighted by atomic mass is 16.5. The Morgan fingerprint density at radius 3 is 2.54 bits per heavy atom. The predicted molar refractivity (Wildman–Crippen MR) is 95.3 cm³/mol. The third kappa shape index (κ3) is 5.25. The van der Waals surface area contributed by atoms with E-state index in [4.69, 9.17) is 9.84 Å². The molecule has 26 heavy (non-hydrogen) atoms. The molecule has 8 nitrogen and oxygen atoms in total. The van der Waals surface area contributed by atoms with Gasteiger partial charge in [-0.15, -0.1) is 0 Å². The van der Waals surface area contributed by atoms with Crippen LogP contribution in [0, 0.1) is 5.92 Å². The van der Waals surface area contributed by atoms with Crippen molar-refractivity contribution < 1.29 is 19.4 Å². The molecule has 0 saturated carbocycles. The molecule has 0 saturated heterocycles. The maximum Gasteiger partial charge on any atom is 0.306 e. The monoisotopic (exact) mass is 359 g/mol. The van der Waals surface area contributed by atoms with E-state index in [1.165, 1.54) is 23.9 Å². The molecule has 0 aliphatic rings. The third-order valence-corrected chi connectivity index (χ3v) is 3.78. The van der Waals surface area contributed by atoms with E-state index in [9.17, 15) is 14.4 Å². The van der Waals surface area contributed by atoms with Gasteiger partial charge in [0.2, 0.25) is 0 Å². The van der Waals surface area contributed by atoms with Gasteiger partial charge in [-0.05, 0) is 30.2 Å². The van der Waals surface area contributed by atoms with Crippen LogP contribution in [0.25, 0.3) is 0 Å². The zero-order chi connectivity index (χ0) is 19.1. The first-order valence-corrected chi connectivity index (χ1v) is 8.11. The minimum Gasteiger partial charge on any atom is -0.481 e. The van der Waals surface area contributed by atoms with Gasteiger partial charge in [-0.1, -0.05) is 19.1 Å². The SMILES string of the molecule is COCCn1nc(C(=O)Nc2ccc(CC(C)C(=O)O)cc2)ccc1=O. The summed E-state index contributed by atoms with van der Waals surface area (Å²) in [6.07, 6.45) is 0.412. The fourth-order valence-corrected chi connectivity index (χ4v) is 2.27. The molecule has 0 fully saturated rings. The lowest BCUT2D eigenvalue weighted by atomic mass is 10.0. The van der Waals surface area contributed by atoms with Gasteiger partial charge in [-0.2, -0.15) is 5.10 Å². The van der Waals surface area contributed by atoms with Crippen LogP contribution in [0.2, 0.25) is 0 Å².